The number of carbonyl (C=O) groups is 1. The van der Waals surface area contributed by atoms with Crippen molar-refractivity contribution in [3.05, 3.63) is 22.6 Å². The van der Waals surface area contributed by atoms with E-state index in [-0.39, 0.29) is 5.56 Å². The van der Waals surface area contributed by atoms with Gasteiger partial charge in [-0.15, -0.1) is 4.91 Å². The molecule has 0 aliphatic heterocycles. The number of hydrogen-bond donors (Lipinski definition) is 4. The molecule has 0 atom stereocenters. The van der Waals surface area contributed by atoms with E-state index < -0.39 is 23.2 Å². The normalized spacial score (nSPS) is 9.61. The molecule has 1 aromatic carbocycles. The highest BCUT2D eigenvalue weighted by molar-refractivity contribution is 5.89. The summed E-state index contributed by atoms with van der Waals surface area (Å²) in [6, 6.07) is 1.69. The van der Waals surface area contributed by atoms with Crippen molar-refractivity contribution in [2.45, 2.75) is 45.4 Å². The zero-order chi connectivity index (χ0) is 17.7. The van der Waals surface area contributed by atoms with Gasteiger partial charge in [-0.2, -0.15) is 0 Å². The van der Waals surface area contributed by atoms with E-state index in [2.05, 4.69) is 17.1 Å². The minimum atomic E-state index is -1.29. The molecule has 0 saturated heterocycles. The second kappa shape index (κ2) is 12.1. The van der Waals surface area contributed by atoms with Crippen molar-refractivity contribution >= 4 is 5.97 Å². The van der Waals surface area contributed by atoms with Gasteiger partial charge in [0.05, 0.1) is 5.56 Å². The number of rotatable bonds is 9. The maximum atomic E-state index is 10.3. The van der Waals surface area contributed by atoms with Gasteiger partial charge in [-0.25, -0.2) is 4.79 Å². The van der Waals surface area contributed by atoms with Crippen LogP contribution in [0.15, 0.2) is 17.5 Å². The molecule has 8 nitrogen and oxygen atoms in total. The van der Waals surface area contributed by atoms with Crippen LogP contribution in [0.1, 0.15) is 55.8 Å². The second-order valence-corrected chi connectivity index (χ2v) is 4.84. The predicted molar refractivity (Wildman–Crippen MR) is 83.5 cm³/mol. The van der Waals surface area contributed by atoms with Crippen molar-refractivity contribution in [3.63, 3.8) is 0 Å². The molecule has 1 aromatic rings. The molecule has 0 unspecified atom stereocenters. The van der Waals surface area contributed by atoms with E-state index in [9.17, 15) is 9.70 Å². The van der Waals surface area contributed by atoms with Crippen molar-refractivity contribution in [2.75, 3.05) is 6.61 Å². The van der Waals surface area contributed by atoms with E-state index in [1.54, 1.807) is 0 Å². The first-order valence-electron chi connectivity index (χ1n) is 7.36. The van der Waals surface area contributed by atoms with Gasteiger partial charge in [-0.05, 0) is 25.0 Å². The Morgan fingerprint density at radius 1 is 1.04 bits per heavy atom. The topological polar surface area (TPSA) is 137 Å². The average Bonchev–Trinajstić information content (AvgIpc) is 2.52. The molecule has 0 spiro atoms. The number of unbranched alkanes of at least 4 members (excludes halogenated alkanes) is 5. The molecule has 0 aliphatic carbocycles. The minimum Gasteiger partial charge on any atom is -0.504 e. The third-order valence-corrected chi connectivity index (χ3v) is 2.96. The van der Waals surface area contributed by atoms with Gasteiger partial charge in [0, 0.05) is 0 Å². The lowest BCUT2D eigenvalue weighted by molar-refractivity contribution is 0.0696. The van der Waals surface area contributed by atoms with Crippen LogP contribution in [0.25, 0.3) is 0 Å². The van der Waals surface area contributed by atoms with E-state index in [1.807, 2.05) is 0 Å². The first kappa shape index (κ1) is 20.5. The molecule has 130 valence electrons. The molecule has 0 amide bonds. The van der Waals surface area contributed by atoms with Crippen molar-refractivity contribution < 1.29 is 30.1 Å². The number of nitrogens with zero attached hydrogens (tertiary/aromatic N) is 1. The monoisotopic (exact) mass is 329 g/mol. The first-order valence-corrected chi connectivity index (χ1v) is 7.36. The summed E-state index contributed by atoms with van der Waals surface area (Å²) in [6.07, 6.45) is 7.23. The Hall–Kier alpha value is -2.51. The van der Waals surface area contributed by atoms with Crippen molar-refractivity contribution in [2.24, 2.45) is 5.34 Å². The Labute approximate surface area is 134 Å². The highest BCUT2D eigenvalue weighted by Gasteiger charge is 2.11. The summed E-state index contributed by atoms with van der Waals surface area (Å²) in [4.78, 5) is 24.1. The first-order chi connectivity index (χ1) is 10.9. The van der Waals surface area contributed by atoms with Crippen molar-refractivity contribution in [1.82, 2.24) is 0 Å². The van der Waals surface area contributed by atoms with E-state index in [0.717, 1.165) is 25.0 Å². The van der Waals surface area contributed by atoms with Crippen LogP contribution in [0.5, 0.6) is 17.2 Å². The summed E-state index contributed by atoms with van der Waals surface area (Å²) in [7, 11) is 0. The average molecular weight is 329 g/mol. The molecule has 0 aromatic heterocycles. The van der Waals surface area contributed by atoms with Crippen LogP contribution in [-0.2, 0) is 4.84 Å². The van der Waals surface area contributed by atoms with Gasteiger partial charge in [0.25, 0.3) is 0 Å². The number of phenolic OH excluding ortho intramolecular Hbond substituents is 3. The molecule has 0 fully saturated rings. The van der Waals surface area contributed by atoms with Crippen molar-refractivity contribution in [1.29, 1.82) is 0 Å². The van der Waals surface area contributed by atoms with Crippen LogP contribution < -0.4 is 0 Å². The minimum absolute atomic E-state index is 0.289. The zero-order valence-electron chi connectivity index (χ0n) is 13.1. The molecule has 0 aliphatic rings. The number of carboxylic acids is 1. The summed E-state index contributed by atoms with van der Waals surface area (Å²) < 4.78 is 0. The molecule has 4 N–H and O–H groups in total. The number of phenols is 3. The number of benzene rings is 1. The van der Waals surface area contributed by atoms with E-state index in [1.165, 1.54) is 25.7 Å². The fourth-order valence-electron chi connectivity index (χ4n) is 1.71. The molecular formula is C15H23NO7. The zero-order valence-corrected chi connectivity index (χ0v) is 13.1. The third-order valence-electron chi connectivity index (χ3n) is 2.96. The molecular weight excluding hydrogens is 306 g/mol. The Bertz CT molecular complexity index is 468. The maximum Gasteiger partial charge on any atom is 0.335 e. The molecule has 8 heteroatoms. The molecule has 0 bridgehead atoms. The van der Waals surface area contributed by atoms with Crippen molar-refractivity contribution in [3.8, 4) is 17.2 Å². The van der Waals surface area contributed by atoms with E-state index >= 15 is 0 Å². The molecule has 1 rings (SSSR count). The van der Waals surface area contributed by atoms with Gasteiger partial charge >= 0.3 is 5.97 Å². The molecule has 0 radical (unpaired) electrons. The van der Waals surface area contributed by atoms with Gasteiger partial charge in [-0.3, -0.25) is 0 Å². The van der Waals surface area contributed by atoms with E-state index in [4.69, 9.17) is 20.4 Å². The number of carboxylic acid groups (broad SMARTS) is 1. The van der Waals surface area contributed by atoms with Crippen LogP contribution in [0, 0.1) is 4.91 Å². The third kappa shape index (κ3) is 9.18. The fourth-order valence-corrected chi connectivity index (χ4v) is 1.71. The molecule has 0 saturated carbocycles. The Balaban J connectivity index is 0.000000423. The predicted octanol–water partition coefficient (Wildman–Crippen LogP) is 3.55. The highest BCUT2D eigenvalue weighted by atomic mass is 16.7. The lowest BCUT2D eigenvalue weighted by Crippen LogP contribution is -1.95. The van der Waals surface area contributed by atoms with Gasteiger partial charge in [0.15, 0.2) is 22.6 Å². The largest absolute Gasteiger partial charge is 0.504 e. The van der Waals surface area contributed by atoms with Crippen LogP contribution in [0.4, 0.5) is 0 Å². The van der Waals surface area contributed by atoms with Crippen LogP contribution in [0.2, 0.25) is 0 Å². The van der Waals surface area contributed by atoms with E-state index in [0.29, 0.717) is 6.61 Å². The SMILES string of the molecule is CCCCCCCCON=O.O=C(O)c1cc(O)c(O)c(O)c1. The van der Waals surface area contributed by atoms with Gasteiger partial charge in [0.1, 0.15) is 6.61 Å². The Morgan fingerprint density at radius 2 is 1.57 bits per heavy atom. The van der Waals surface area contributed by atoms with Crippen LogP contribution in [-0.4, -0.2) is 33.0 Å². The van der Waals surface area contributed by atoms with Gasteiger partial charge in [0.2, 0.25) is 0 Å². The highest BCUT2D eigenvalue weighted by Crippen LogP contribution is 2.35. The summed E-state index contributed by atoms with van der Waals surface area (Å²) in [5.74, 6) is -3.33. The Kier molecular flexibility index (Phi) is 10.8. The summed E-state index contributed by atoms with van der Waals surface area (Å²) in [6.45, 7) is 2.68. The molecule has 23 heavy (non-hydrogen) atoms. The summed E-state index contributed by atoms with van der Waals surface area (Å²) in [5.41, 5.74) is -0.289. The summed E-state index contributed by atoms with van der Waals surface area (Å²) in [5, 5.41) is 37.3. The molecule has 0 heterocycles. The lowest BCUT2D eigenvalue weighted by atomic mass is 10.1. The van der Waals surface area contributed by atoms with Gasteiger partial charge < -0.3 is 25.3 Å². The Morgan fingerprint density at radius 3 is 2.04 bits per heavy atom. The van der Waals surface area contributed by atoms with Crippen LogP contribution in [0.3, 0.4) is 0 Å². The van der Waals surface area contributed by atoms with Crippen LogP contribution >= 0.6 is 0 Å². The quantitative estimate of drug-likeness (QED) is 0.235. The number of hydrogen-bond acceptors (Lipinski definition) is 7. The maximum absolute atomic E-state index is 10.3. The summed E-state index contributed by atoms with van der Waals surface area (Å²) >= 11 is 0. The number of aromatic carboxylic acids is 1. The van der Waals surface area contributed by atoms with Gasteiger partial charge in [-0.1, -0.05) is 32.6 Å². The number of aromatic hydroxyl groups is 3. The smallest absolute Gasteiger partial charge is 0.335 e. The fraction of sp³-hybridized carbons (Fsp3) is 0.533. The lowest BCUT2D eigenvalue weighted by Gasteiger charge is -2.01. The second-order valence-electron chi connectivity index (χ2n) is 4.84. The standard InChI is InChI=1S/C8H17NO2.C7H6O5/c1-2-3-4-5-6-7-8-11-9-10;8-4-1-3(7(11)12)2-5(9)6(4)10/h2-8H2,1H3;1-2,8-10H,(H,11,12).